The third-order valence-corrected chi connectivity index (χ3v) is 3.20. The average Bonchev–Trinajstić information content (AvgIpc) is 2.48. The zero-order chi connectivity index (χ0) is 18.6. The molecule has 0 bridgehead atoms. The van der Waals surface area contributed by atoms with Crippen LogP contribution in [-0.2, 0) is 17.4 Å². The number of anilines is 1. The lowest BCUT2D eigenvalue weighted by atomic mass is 10.1. The van der Waals surface area contributed by atoms with Crippen molar-refractivity contribution in [3.8, 4) is 5.75 Å². The van der Waals surface area contributed by atoms with Crippen molar-refractivity contribution in [1.82, 2.24) is 0 Å². The van der Waals surface area contributed by atoms with Crippen molar-refractivity contribution < 1.29 is 27.1 Å². The van der Waals surface area contributed by atoms with Gasteiger partial charge in [0.25, 0.3) is 0 Å². The number of benzene rings is 2. The molecule has 2 aromatic carbocycles. The van der Waals surface area contributed by atoms with Crippen molar-refractivity contribution in [2.45, 2.75) is 32.5 Å². The molecule has 25 heavy (non-hydrogen) atoms. The van der Waals surface area contributed by atoms with Gasteiger partial charge in [0.2, 0.25) is 5.91 Å². The highest BCUT2D eigenvalue weighted by molar-refractivity contribution is 5.92. The number of ether oxygens (including phenoxy) is 1. The Kier molecular flexibility index (Phi) is 5.66. The number of carbonyl (C=O) groups is 1. The van der Waals surface area contributed by atoms with Gasteiger partial charge in [-0.15, -0.1) is 0 Å². The van der Waals surface area contributed by atoms with Crippen LogP contribution in [-0.4, -0.2) is 12.0 Å². The van der Waals surface area contributed by atoms with Gasteiger partial charge < -0.3 is 10.1 Å². The Hall–Kier alpha value is -2.57. The summed E-state index contributed by atoms with van der Waals surface area (Å²) in [7, 11) is 0. The number of halogens is 4. The molecule has 0 aliphatic carbocycles. The molecular weight excluding hydrogens is 338 g/mol. The molecule has 0 fully saturated rings. The number of hydrogen-bond acceptors (Lipinski definition) is 2. The Morgan fingerprint density at radius 3 is 2.52 bits per heavy atom. The predicted octanol–water partition coefficient (Wildman–Crippen LogP) is 4.81. The standard InChI is InChI=1S/C18H17F4NO2/c1-11(2)25-14-5-3-4-12(8-14)9-17(24)23-16-10-13(18(20,21)22)6-7-15(16)19/h3-8,10-11H,9H2,1-2H3,(H,23,24). The molecule has 0 aliphatic rings. The van der Waals surface area contributed by atoms with Crippen LogP contribution in [0.2, 0.25) is 0 Å². The fourth-order valence-corrected chi connectivity index (χ4v) is 2.18. The van der Waals surface area contributed by atoms with Gasteiger partial charge in [-0.25, -0.2) is 4.39 Å². The molecule has 0 spiro atoms. The van der Waals surface area contributed by atoms with E-state index >= 15 is 0 Å². The molecule has 0 unspecified atom stereocenters. The smallest absolute Gasteiger partial charge is 0.416 e. The third kappa shape index (κ3) is 5.48. The second-order valence-corrected chi connectivity index (χ2v) is 5.73. The summed E-state index contributed by atoms with van der Waals surface area (Å²) in [6.45, 7) is 3.71. The quantitative estimate of drug-likeness (QED) is 0.782. The molecule has 0 radical (unpaired) electrons. The van der Waals surface area contributed by atoms with E-state index in [4.69, 9.17) is 4.74 Å². The molecule has 0 atom stereocenters. The number of carbonyl (C=O) groups excluding carboxylic acids is 1. The molecule has 1 N–H and O–H groups in total. The van der Waals surface area contributed by atoms with E-state index < -0.39 is 29.2 Å². The molecule has 134 valence electrons. The number of nitrogens with one attached hydrogen (secondary N) is 1. The van der Waals surface area contributed by atoms with E-state index in [-0.39, 0.29) is 12.5 Å². The van der Waals surface area contributed by atoms with Gasteiger partial charge >= 0.3 is 6.18 Å². The van der Waals surface area contributed by atoms with Crippen LogP contribution in [0.4, 0.5) is 23.2 Å². The van der Waals surface area contributed by atoms with Crippen molar-refractivity contribution in [1.29, 1.82) is 0 Å². The highest BCUT2D eigenvalue weighted by Gasteiger charge is 2.31. The summed E-state index contributed by atoms with van der Waals surface area (Å²) in [6.07, 6.45) is -4.77. The SMILES string of the molecule is CC(C)Oc1cccc(CC(=O)Nc2cc(C(F)(F)F)ccc2F)c1. The summed E-state index contributed by atoms with van der Waals surface area (Å²) >= 11 is 0. The Morgan fingerprint density at radius 1 is 1.16 bits per heavy atom. The first-order chi connectivity index (χ1) is 11.6. The van der Waals surface area contributed by atoms with Crippen LogP contribution in [0.3, 0.4) is 0 Å². The molecule has 7 heteroatoms. The van der Waals surface area contributed by atoms with Crippen molar-refractivity contribution >= 4 is 11.6 Å². The molecule has 3 nitrogen and oxygen atoms in total. The summed E-state index contributed by atoms with van der Waals surface area (Å²) in [6, 6.07) is 8.63. The van der Waals surface area contributed by atoms with Gasteiger partial charge in [-0.2, -0.15) is 13.2 Å². The molecule has 2 aromatic rings. The van der Waals surface area contributed by atoms with Crippen molar-refractivity contribution in [2.75, 3.05) is 5.32 Å². The van der Waals surface area contributed by atoms with Gasteiger partial charge in [-0.1, -0.05) is 12.1 Å². The lowest BCUT2D eigenvalue weighted by molar-refractivity contribution is -0.137. The normalized spacial score (nSPS) is 11.5. The molecule has 1 amide bonds. The van der Waals surface area contributed by atoms with Crippen LogP contribution in [0.25, 0.3) is 0 Å². The van der Waals surface area contributed by atoms with Crippen LogP contribution >= 0.6 is 0 Å². The highest BCUT2D eigenvalue weighted by atomic mass is 19.4. The van der Waals surface area contributed by atoms with Gasteiger partial charge in [-0.05, 0) is 49.7 Å². The second kappa shape index (κ2) is 7.55. The van der Waals surface area contributed by atoms with E-state index in [0.717, 1.165) is 0 Å². The van der Waals surface area contributed by atoms with Crippen molar-refractivity contribution in [2.24, 2.45) is 0 Å². The van der Waals surface area contributed by atoms with Gasteiger partial charge in [0.05, 0.1) is 23.8 Å². The predicted molar refractivity (Wildman–Crippen MR) is 85.9 cm³/mol. The van der Waals surface area contributed by atoms with Crippen LogP contribution in [0.15, 0.2) is 42.5 Å². The number of alkyl halides is 3. The Labute approximate surface area is 142 Å². The number of amides is 1. The fourth-order valence-electron chi connectivity index (χ4n) is 2.18. The first-order valence-corrected chi connectivity index (χ1v) is 7.57. The largest absolute Gasteiger partial charge is 0.491 e. The third-order valence-electron chi connectivity index (χ3n) is 3.20. The first kappa shape index (κ1) is 18.8. The zero-order valence-corrected chi connectivity index (χ0v) is 13.7. The maximum absolute atomic E-state index is 13.7. The van der Waals surface area contributed by atoms with Crippen LogP contribution < -0.4 is 10.1 Å². The maximum Gasteiger partial charge on any atom is 0.416 e. The Morgan fingerprint density at radius 2 is 1.88 bits per heavy atom. The van der Waals surface area contributed by atoms with Gasteiger partial charge in [-0.3, -0.25) is 4.79 Å². The summed E-state index contributed by atoms with van der Waals surface area (Å²) in [4.78, 5) is 12.0. The lowest BCUT2D eigenvalue weighted by Crippen LogP contribution is -2.16. The van der Waals surface area contributed by atoms with E-state index in [2.05, 4.69) is 5.32 Å². The average molecular weight is 355 g/mol. The van der Waals surface area contributed by atoms with Gasteiger partial charge in [0.15, 0.2) is 0 Å². The fraction of sp³-hybridized carbons (Fsp3) is 0.278. The maximum atomic E-state index is 13.7. The van der Waals surface area contributed by atoms with Crippen molar-refractivity contribution in [3.05, 3.63) is 59.4 Å². The summed E-state index contributed by atoms with van der Waals surface area (Å²) in [5.74, 6) is -0.983. The first-order valence-electron chi connectivity index (χ1n) is 7.57. The molecule has 0 heterocycles. The molecule has 2 rings (SSSR count). The lowest BCUT2D eigenvalue weighted by Gasteiger charge is -2.12. The summed E-state index contributed by atoms with van der Waals surface area (Å²) < 4.78 is 57.2. The molecule has 0 aromatic heterocycles. The zero-order valence-electron chi connectivity index (χ0n) is 13.7. The van der Waals surface area contributed by atoms with Crippen LogP contribution in [0.5, 0.6) is 5.75 Å². The minimum Gasteiger partial charge on any atom is -0.491 e. The van der Waals surface area contributed by atoms with E-state index in [1.54, 1.807) is 24.3 Å². The summed E-state index contributed by atoms with van der Waals surface area (Å²) in [5.41, 5.74) is -0.936. The van der Waals surface area contributed by atoms with Crippen LogP contribution in [0.1, 0.15) is 25.0 Å². The minimum atomic E-state index is -4.62. The Bertz CT molecular complexity index is 757. The number of hydrogen-bond donors (Lipinski definition) is 1. The Balaban J connectivity index is 2.10. The molecule has 0 aliphatic heterocycles. The topological polar surface area (TPSA) is 38.3 Å². The second-order valence-electron chi connectivity index (χ2n) is 5.73. The monoisotopic (exact) mass is 355 g/mol. The van der Waals surface area contributed by atoms with E-state index in [1.165, 1.54) is 0 Å². The molecular formula is C18H17F4NO2. The van der Waals surface area contributed by atoms with Gasteiger partial charge in [0, 0.05) is 0 Å². The van der Waals surface area contributed by atoms with E-state index in [9.17, 15) is 22.4 Å². The molecule has 0 saturated heterocycles. The van der Waals surface area contributed by atoms with Crippen LogP contribution in [0, 0.1) is 5.82 Å². The molecule has 0 saturated carbocycles. The summed E-state index contributed by atoms with van der Waals surface area (Å²) in [5, 5.41) is 2.18. The number of rotatable bonds is 5. The van der Waals surface area contributed by atoms with E-state index in [1.807, 2.05) is 13.8 Å². The minimum absolute atomic E-state index is 0.0386. The highest BCUT2D eigenvalue weighted by Crippen LogP contribution is 2.31. The van der Waals surface area contributed by atoms with Crippen molar-refractivity contribution in [3.63, 3.8) is 0 Å². The van der Waals surface area contributed by atoms with Gasteiger partial charge in [0.1, 0.15) is 11.6 Å². The van der Waals surface area contributed by atoms with E-state index in [0.29, 0.717) is 29.5 Å².